The van der Waals surface area contributed by atoms with E-state index >= 15 is 0 Å². The minimum Gasteiger partial charge on any atom is -0.369 e. The summed E-state index contributed by atoms with van der Waals surface area (Å²) in [6, 6.07) is 6.90. The number of nitrogens with two attached hydrogens (primary N) is 1. The quantitative estimate of drug-likeness (QED) is 0.842. The summed E-state index contributed by atoms with van der Waals surface area (Å²) in [4.78, 5) is 22.3. The number of carbonyl (C=O) groups is 2. The van der Waals surface area contributed by atoms with Crippen LogP contribution in [0.2, 0.25) is 5.02 Å². The van der Waals surface area contributed by atoms with E-state index in [1.807, 2.05) is 0 Å². The third-order valence-electron chi connectivity index (χ3n) is 2.13. The van der Waals surface area contributed by atoms with Crippen molar-refractivity contribution in [3.05, 3.63) is 29.3 Å². The van der Waals surface area contributed by atoms with Crippen molar-refractivity contribution in [3.63, 3.8) is 0 Å². The van der Waals surface area contributed by atoms with Crippen molar-refractivity contribution in [2.24, 2.45) is 11.7 Å². The van der Waals surface area contributed by atoms with E-state index in [0.717, 1.165) is 0 Å². The SMILES string of the molecule is CC(CC(=O)Nc1ccccc1Cl)C(N)=O. The topological polar surface area (TPSA) is 72.2 Å². The van der Waals surface area contributed by atoms with Gasteiger partial charge in [0.1, 0.15) is 0 Å². The van der Waals surface area contributed by atoms with Gasteiger partial charge in [0.2, 0.25) is 11.8 Å². The van der Waals surface area contributed by atoms with Crippen molar-refractivity contribution < 1.29 is 9.59 Å². The zero-order valence-corrected chi connectivity index (χ0v) is 9.62. The second-order valence-corrected chi connectivity index (χ2v) is 3.94. The van der Waals surface area contributed by atoms with Crippen LogP contribution >= 0.6 is 11.6 Å². The molecular formula is C11H13ClN2O2. The van der Waals surface area contributed by atoms with Crippen molar-refractivity contribution in [1.29, 1.82) is 0 Å². The van der Waals surface area contributed by atoms with Crippen molar-refractivity contribution in [1.82, 2.24) is 0 Å². The normalized spacial score (nSPS) is 11.9. The maximum Gasteiger partial charge on any atom is 0.225 e. The van der Waals surface area contributed by atoms with Gasteiger partial charge in [0.25, 0.3) is 0 Å². The van der Waals surface area contributed by atoms with Crippen molar-refractivity contribution >= 4 is 29.1 Å². The van der Waals surface area contributed by atoms with Gasteiger partial charge in [0.05, 0.1) is 10.7 Å². The van der Waals surface area contributed by atoms with Gasteiger partial charge in [0.15, 0.2) is 0 Å². The molecule has 0 saturated heterocycles. The molecule has 0 spiro atoms. The second kappa shape index (κ2) is 5.51. The van der Waals surface area contributed by atoms with Crippen LogP contribution in [0.1, 0.15) is 13.3 Å². The largest absolute Gasteiger partial charge is 0.369 e. The lowest BCUT2D eigenvalue weighted by molar-refractivity contribution is -0.125. The molecule has 3 N–H and O–H groups in total. The summed E-state index contributed by atoms with van der Waals surface area (Å²) in [7, 11) is 0. The van der Waals surface area contributed by atoms with Gasteiger partial charge < -0.3 is 11.1 Å². The van der Waals surface area contributed by atoms with Crippen LogP contribution in [0.15, 0.2) is 24.3 Å². The lowest BCUT2D eigenvalue weighted by Gasteiger charge is -2.09. The molecule has 1 rings (SSSR count). The van der Waals surface area contributed by atoms with Gasteiger partial charge in [-0.2, -0.15) is 0 Å². The van der Waals surface area contributed by atoms with Gasteiger partial charge in [-0.25, -0.2) is 0 Å². The molecule has 1 aromatic rings. The van der Waals surface area contributed by atoms with Crippen molar-refractivity contribution in [2.45, 2.75) is 13.3 Å². The molecule has 0 aromatic heterocycles. The Hall–Kier alpha value is -1.55. The van der Waals surface area contributed by atoms with Gasteiger partial charge in [0, 0.05) is 12.3 Å². The van der Waals surface area contributed by atoms with Crippen LogP contribution in [0.5, 0.6) is 0 Å². The predicted molar refractivity (Wildman–Crippen MR) is 63.1 cm³/mol. The number of halogens is 1. The Bertz CT molecular complexity index is 407. The van der Waals surface area contributed by atoms with E-state index < -0.39 is 11.8 Å². The van der Waals surface area contributed by atoms with Gasteiger partial charge >= 0.3 is 0 Å². The monoisotopic (exact) mass is 240 g/mol. The van der Waals surface area contributed by atoms with E-state index in [4.69, 9.17) is 17.3 Å². The fourth-order valence-corrected chi connectivity index (χ4v) is 1.33. The Balaban J connectivity index is 2.59. The average Bonchev–Trinajstić information content (AvgIpc) is 2.21. The maximum absolute atomic E-state index is 11.5. The number of carbonyl (C=O) groups excluding carboxylic acids is 2. The standard InChI is InChI=1S/C11H13ClN2O2/c1-7(11(13)16)6-10(15)14-9-5-3-2-4-8(9)12/h2-5,7H,6H2,1H3,(H2,13,16)(H,14,15). The first kappa shape index (κ1) is 12.5. The molecule has 86 valence electrons. The van der Waals surface area contributed by atoms with Gasteiger partial charge in [-0.05, 0) is 12.1 Å². The first-order chi connectivity index (χ1) is 7.50. The Labute approximate surface area is 98.8 Å². The molecule has 1 aromatic carbocycles. The van der Waals surface area contributed by atoms with E-state index in [9.17, 15) is 9.59 Å². The van der Waals surface area contributed by atoms with E-state index in [2.05, 4.69) is 5.32 Å². The molecule has 0 radical (unpaired) electrons. The zero-order chi connectivity index (χ0) is 12.1. The number of benzene rings is 1. The molecule has 0 aliphatic carbocycles. The lowest BCUT2D eigenvalue weighted by atomic mass is 10.1. The molecule has 0 saturated carbocycles. The maximum atomic E-state index is 11.5. The third kappa shape index (κ3) is 3.55. The molecule has 4 nitrogen and oxygen atoms in total. The molecule has 2 amide bonds. The predicted octanol–water partition coefficient (Wildman–Crippen LogP) is 1.79. The number of amides is 2. The summed E-state index contributed by atoms with van der Waals surface area (Å²) < 4.78 is 0. The highest BCUT2D eigenvalue weighted by atomic mass is 35.5. The number of hydrogen-bond acceptors (Lipinski definition) is 2. The van der Waals surface area contributed by atoms with E-state index in [-0.39, 0.29) is 12.3 Å². The van der Waals surface area contributed by atoms with Crippen LogP contribution < -0.4 is 11.1 Å². The van der Waals surface area contributed by atoms with Crippen LogP contribution in [0.4, 0.5) is 5.69 Å². The number of nitrogens with one attached hydrogen (secondary N) is 1. The third-order valence-corrected chi connectivity index (χ3v) is 2.45. The summed E-state index contributed by atoms with van der Waals surface area (Å²) in [5.41, 5.74) is 5.60. The van der Waals surface area contributed by atoms with E-state index in [1.54, 1.807) is 31.2 Å². The van der Waals surface area contributed by atoms with Crippen molar-refractivity contribution in [2.75, 3.05) is 5.32 Å². The smallest absolute Gasteiger partial charge is 0.225 e. The Morgan fingerprint density at radius 1 is 1.44 bits per heavy atom. The first-order valence-corrected chi connectivity index (χ1v) is 5.22. The summed E-state index contributed by atoms with van der Waals surface area (Å²) in [6.07, 6.45) is 0.0561. The zero-order valence-electron chi connectivity index (χ0n) is 8.87. The van der Waals surface area contributed by atoms with Crippen LogP contribution in [0, 0.1) is 5.92 Å². The second-order valence-electron chi connectivity index (χ2n) is 3.54. The molecule has 0 aliphatic rings. The number of rotatable bonds is 4. The average molecular weight is 241 g/mol. The molecule has 16 heavy (non-hydrogen) atoms. The molecule has 0 aliphatic heterocycles. The minimum atomic E-state index is -0.491. The highest BCUT2D eigenvalue weighted by Crippen LogP contribution is 2.20. The number of anilines is 1. The van der Waals surface area contributed by atoms with Gasteiger partial charge in [-0.15, -0.1) is 0 Å². The number of para-hydroxylation sites is 1. The molecular weight excluding hydrogens is 228 g/mol. The highest BCUT2D eigenvalue weighted by Gasteiger charge is 2.14. The highest BCUT2D eigenvalue weighted by molar-refractivity contribution is 6.33. The number of primary amides is 1. The Morgan fingerprint density at radius 3 is 2.62 bits per heavy atom. The van der Waals surface area contributed by atoms with Crippen LogP contribution in [0.25, 0.3) is 0 Å². The summed E-state index contributed by atoms with van der Waals surface area (Å²) in [6.45, 7) is 1.61. The molecule has 0 fully saturated rings. The molecule has 0 bridgehead atoms. The minimum absolute atomic E-state index is 0.0561. The fraction of sp³-hybridized carbons (Fsp3) is 0.273. The fourth-order valence-electron chi connectivity index (χ4n) is 1.14. The molecule has 5 heteroatoms. The molecule has 0 heterocycles. The van der Waals surface area contributed by atoms with Gasteiger partial charge in [-0.1, -0.05) is 30.7 Å². The van der Waals surface area contributed by atoms with Crippen LogP contribution in [-0.4, -0.2) is 11.8 Å². The lowest BCUT2D eigenvalue weighted by Crippen LogP contribution is -2.25. The Morgan fingerprint density at radius 2 is 2.06 bits per heavy atom. The molecule has 1 unspecified atom stereocenters. The molecule has 1 atom stereocenters. The van der Waals surface area contributed by atoms with Crippen LogP contribution in [-0.2, 0) is 9.59 Å². The van der Waals surface area contributed by atoms with E-state index in [1.165, 1.54) is 0 Å². The number of hydrogen-bond donors (Lipinski definition) is 2. The van der Waals surface area contributed by atoms with E-state index in [0.29, 0.717) is 10.7 Å². The summed E-state index contributed by atoms with van der Waals surface area (Å²) >= 11 is 5.86. The van der Waals surface area contributed by atoms with Crippen LogP contribution in [0.3, 0.4) is 0 Å². The van der Waals surface area contributed by atoms with Crippen molar-refractivity contribution in [3.8, 4) is 0 Å². The Kier molecular flexibility index (Phi) is 4.31. The first-order valence-electron chi connectivity index (χ1n) is 4.84. The van der Waals surface area contributed by atoms with Gasteiger partial charge in [-0.3, -0.25) is 9.59 Å². The summed E-state index contributed by atoms with van der Waals surface area (Å²) in [5.74, 6) is -1.25. The summed E-state index contributed by atoms with van der Waals surface area (Å²) in [5, 5.41) is 3.08.